The first-order valence-corrected chi connectivity index (χ1v) is 6.99. The molecule has 4 heteroatoms. The number of unbranched alkanes of at least 4 members (excludes halogenated alkanes) is 5. The highest BCUT2D eigenvalue weighted by Crippen LogP contribution is 2.12. The Morgan fingerprint density at radius 1 is 1.17 bits per heavy atom. The van der Waals surface area contributed by atoms with Gasteiger partial charge in [-0.15, -0.1) is 0 Å². The van der Waals surface area contributed by atoms with Gasteiger partial charge in [-0.05, 0) is 25.8 Å². The molecule has 0 radical (unpaired) electrons. The molecule has 0 atom stereocenters. The lowest BCUT2D eigenvalue weighted by Crippen LogP contribution is -2.33. The van der Waals surface area contributed by atoms with Crippen molar-refractivity contribution in [1.29, 1.82) is 0 Å². The van der Waals surface area contributed by atoms with E-state index in [0.717, 1.165) is 38.8 Å². The molecule has 0 saturated heterocycles. The second-order valence-corrected chi connectivity index (χ2v) is 4.94. The lowest BCUT2D eigenvalue weighted by atomic mass is 10.1. The normalized spacial score (nSPS) is 16.6. The Morgan fingerprint density at radius 3 is 2.50 bits per heavy atom. The summed E-state index contributed by atoms with van der Waals surface area (Å²) in [4.78, 5) is 13.1. The molecule has 1 aliphatic heterocycles. The first kappa shape index (κ1) is 15.2. The van der Waals surface area contributed by atoms with E-state index < -0.39 is 5.97 Å². The van der Waals surface area contributed by atoms with Crippen LogP contribution in [0, 0.1) is 0 Å². The van der Waals surface area contributed by atoms with Crippen LogP contribution in [0.3, 0.4) is 0 Å². The van der Waals surface area contributed by atoms with Crippen molar-refractivity contribution in [3.63, 3.8) is 0 Å². The Morgan fingerprint density at radius 2 is 1.83 bits per heavy atom. The number of aliphatic hydroxyl groups excluding tert-OH is 1. The van der Waals surface area contributed by atoms with Crippen molar-refractivity contribution in [2.45, 2.75) is 44.9 Å². The van der Waals surface area contributed by atoms with E-state index >= 15 is 0 Å². The van der Waals surface area contributed by atoms with Gasteiger partial charge in [0.2, 0.25) is 0 Å². The van der Waals surface area contributed by atoms with Gasteiger partial charge in [-0.25, -0.2) is 4.79 Å². The largest absolute Gasteiger partial charge is 0.478 e. The SMILES string of the molecule is O=C(O)C1=CCCN(CCCCCCCCO)C1. The van der Waals surface area contributed by atoms with Gasteiger partial charge in [0.25, 0.3) is 0 Å². The molecule has 104 valence electrons. The number of aliphatic hydroxyl groups is 1. The summed E-state index contributed by atoms with van der Waals surface area (Å²) in [5, 5.41) is 17.6. The molecule has 0 aromatic carbocycles. The molecule has 1 rings (SSSR count). The van der Waals surface area contributed by atoms with Crippen molar-refractivity contribution in [2.75, 3.05) is 26.2 Å². The van der Waals surface area contributed by atoms with Crippen LogP contribution in [0.15, 0.2) is 11.6 Å². The molecule has 0 unspecified atom stereocenters. The average Bonchev–Trinajstić information content (AvgIpc) is 2.38. The van der Waals surface area contributed by atoms with E-state index in [0.29, 0.717) is 18.7 Å². The monoisotopic (exact) mass is 255 g/mol. The van der Waals surface area contributed by atoms with Gasteiger partial charge in [0, 0.05) is 25.3 Å². The minimum Gasteiger partial charge on any atom is -0.478 e. The predicted molar refractivity (Wildman–Crippen MR) is 71.6 cm³/mol. The third-order valence-corrected chi connectivity index (χ3v) is 3.39. The van der Waals surface area contributed by atoms with Gasteiger partial charge in [0.1, 0.15) is 0 Å². The van der Waals surface area contributed by atoms with Crippen LogP contribution in [-0.2, 0) is 4.79 Å². The van der Waals surface area contributed by atoms with Crippen molar-refractivity contribution in [3.8, 4) is 0 Å². The summed E-state index contributed by atoms with van der Waals surface area (Å²) in [5.41, 5.74) is 0.546. The number of carbonyl (C=O) groups is 1. The van der Waals surface area contributed by atoms with Gasteiger partial charge >= 0.3 is 5.97 Å². The van der Waals surface area contributed by atoms with Crippen molar-refractivity contribution in [1.82, 2.24) is 4.90 Å². The van der Waals surface area contributed by atoms with E-state index in [1.165, 1.54) is 19.3 Å². The van der Waals surface area contributed by atoms with Crippen molar-refractivity contribution < 1.29 is 15.0 Å². The molecule has 0 saturated carbocycles. The number of aliphatic carboxylic acids is 1. The lowest BCUT2D eigenvalue weighted by Gasteiger charge is -2.25. The zero-order valence-electron chi connectivity index (χ0n) is 11.1. The van der Waals surface area contributed by atoms with Gasteiger partial charge in [0.05, 0.1) is 0 Å². The van der Waals surface area contributed by atoms with Gasteiger partial charge in [-0.2, -0.15) is 0 Å². The zero-order chi connectivity index (χ0) is 13.2. The first-order valence-electron chi connectivity index (χ1n) is 6.99. The molecular formula is C14H25NO3. The van der Waals surface area contributed by atoms with Gasteiger partial charge in [-0.3, -0.25) is 4.90 Å². The molecule has 0 bridgehead atoms. The van der Waals surface area contributed by atoms with Crippen LogP contribution in [0.5, 0.6) is 0 Å². The molecule has 0 aromatic rings. The highest BCUT2D eigenvalue weighted by atomic mass is 16.4. The fourth-order valence-electron chi connectivity index (χ4n) is 2.31. The number of hydrogen-bond donors (Lipinski definition) is 2. The van der Waals surface area contributed by atoms with E-state index in [1.807, 2.05) is 6.08 Å². The smallest absolute Gasteiger partial charge is 0.332 e. The molecule has 18 heavy (non-hydrogen) atoms. The van der Waals surface area contributed by atoms with Crippen molar-refractivity contribution in [2.24, 2.45) is 0 Å². The van der Waals surface area contributed by atoms with Crippen LogP contribution in [0.1, 0.15) is 44.9 Å². The molecule has 1 aliphatic rings. The minimum atomic E-state index is -0.774. The Balaban J connectivity index is 2.03. The highest BCUT2D eigenvalue weighted by molar-refractivity contribution is 5.87. The first-order chi connectivity index (χ1) is 8.74. The standard InChI is InChI=1S/C14H25NO3/c16-11-6-4-2-1-3-5-9-15-10-7-8-13(12-15)14(17)18/h8,16H,1-7,9-12H2,(H,17,18). The fraction of sp³-hybridized carbons (Fsp3) is 0.786. The summed E-state index contributed by atoms with van der Waals surface area (Å²) in [7, 11) is 0. The Bertz CT molecular complexity index is 276. The van der Waals surface area contributed by atoms with Crippen LogP contribution in [0.2, 0.25) is 0 Å². The molecule has 0 aromatic heterocycles. The quantitative estimate of drug-likeness (QED) is 0.619. The van der Waals surface area contributed by atoms with Gasteiger partial charge < -0.3 is 10.2 Å². The predicted octanol–water partition coefficient (Wildman–Crippen LogP) is 2.04. The summed E-state index contributed by atoms with van der Waals surface area (Å²) in [6, 6.07) is 0. The van der Waals surface area contributed by atoms with E-state index in [-0.39, 0.29) is 0 Å². The van der Waals surface area contributed by atoms with E-state index in [9.17, 15) is 4.79 Å². The summed E-state index contributed by atoms with van der Waals surface area (Å²) in [6.45, 7) is 2.89. The number of carboxylic acid groups (broad SMARTS) is 1. The van der Waals surface area contributed by atoms with Crippen LogP contribution in [-0.4, -0.2) is 47.3 Å². The number of carboxylic acids is 1. The van der Waals surface area contributed by atoms with Crippen LogP contribution in [0.25, 0.3) is 0 Å². The van der Waals surface area contributed by atoms with Gasteiger partial charge in [-0.1, -0.05) is 31.8 Å². The molecule has 0 spiro atoms. The van der Waals surface area contributed by atoms with E-state index in [4.69, 9.17) is 10.2 Å². The van der Waals surface area contributed by atoms with Crippen molar-refractivity contribution >= 4 is 5.97 Å². The number of rotatable bonds is 9. The third kappa shape index (κ3) is 6.17. The lowest BCUT2D eigenvalue weighted by molar-refractivity contribution is -0.133. The molecule has 0 amide bonds. The van der Waals surface area contributed by atoms with E-state index in [1.54, 1.807) is 0 Å². The Kier molecular flexibility index (Phi) is 7.69. The fourth-order valence-corrected chi connectivity index (χ4v) is 2.31. The second kappa shape index (κ2) is 9.11. The summed E-state index contributed by atoms with van der Waals surface area (Å²) >= 11 is 0. The third-order valence-electron chi connectivity index (χ3n) is 3.39. The van der Waals surface area contributed by atoms with Crippen LogP contribution >= 0.6 is 0 Å². The number of nitrogens with zero attached hydrogens (tertiary/aromatic N) is 1. The van der Waals surface area contributed by atoms with Crippen LogP contribution in [0.4, 0.5) is 0 Å². The average molecular weight is 255 g/mol. The maximum absolute atomic E-state index is 10.9. The van der Waals surface area contributed by atoms with Crippen LogP contribution < -0.4 is 0 Å². The maximum Gasteiger partial charge on any atom is 0.332 e. The maximum atomic E-state index is 10.9. The van der Waals surface area contributed by atoms with Gasteiger partial charge in [0.15, 0.2) is 0 Å². The topological polar surface area (TPSA) is 60.8 Å². The zero-order valence-corrected chi connectivity index (χ0v) is 11.1. The number of hydrogen-bond acceptors (Lipinski definition) is 3. The molecule has 0 aliphatic carbocycles. The summed E-state index contributed by atoms with van der Waals surface area (Å²) in [6.07, 6.45) is 9.49. The molecule has 1 heterocycles. The molecule has 0 fully saturated rings. The Hall–Kier alpha value is -0.870. The Labute approximate surface area is 109 Å². The van der Waals surface area contributed by atoms with Crippen molar-refractivity contribution in [3.05, 3.63) is 11.6 Å². The molecule has 2 N–H and O–H groups in total. The van der Waals surface area contributed by atoms with E-state index in [2.05, 4.69) is 4.90 Å². The summed E-state index contributed by atoms with van der Waals surface area (Å²) < 4.78 is 0. The molecular weight excluding hydrogens is 230 g/mol. The molecule has 4 nitrogen and oxygen atoms in total. The highest BCUT2D eigenvalue weighted by Gasteiger charge is 2.16. The second-order valence-electron chi connectivity index (χ2n) is 4.94. The summed E-state index contributed by atoms with van der Waals surface area (Å²) in [5.74, 6) is -0.774. The minimum absolute atomic E-state index is 0.304.